The molecular formula is C25H26Cl2N6O5. The van der Waals surface area contributed by atoms with E-state index in [1.165, 1.54) is 44.6 Å². The van der Waals surface area contributed by atoms with Crippen LogP contribution < -0.4 is 30.3 Å². The maximum atomic E-state index is 13.1. The van der Waals surface area contributed by atoms with E-state index in [1.807, 2.05) is 6.07 Å². The fourth-order valence-corrected chi connectivity index (χ4v) is 3.92. The molecule has 1 heterocycles. The number of urea groups is 1. The van der Waals surface area contributed by atoms with Crippen LogP contribution in [-0.4, -0.2) is 50.3 Å². The molecule has 0 spiro atoms. The average molecular weight is 561 g/mol. The molecule has 3 amide bonds. The van der Waals surface area contributed by atoms with Gasteiger partial charge >= 0.3 is 6.03 Å². The maximum absolute atomic E-state index is 13.1. The van der Waals surface area contributed by atoms with Gasteiger partial charge in [-0.1, -0.05) is 41.9 Å². The lowest BCUT2D eigenvalue weighted by molar-refractivity contribution is -0.111. The average Bonchev–Trinajstić information content (AvgIpc) is 2.92. The van der Waals surface area contributed by atoms with Crippen LogP contribution in [0.25, 0.3) is 0 Å². The monoisotopic (exact) mass is 560 g/mol. The van der Waals surface area contributed by atoms with Crippen molar-refractivity contribution in [2.24, 2.45) is 0 Å². The van der Waals surface area contributed by atoms with Crippen LogP contribution in [0.15, 0.2) is 49.3 Å². The van der Waals surface area contributed by atoms with Crippen molar-refractivity contribution in [3.63, 3.8) is 0 Å². The summed E-state index contributed by atoms with van der Waals surface area (Å²) in [6, 6.07) is 7.82. The number of halogens is 2. The Morgan fingerprint density at radius 3 is 2.32 bits per heavy atom. The summed E-state index contributed by atoms with van der Waals surface area (Å²) in [4.78, 5) is 34.7. The Labute approximate surface area is 229 Å². The molecule has 11 nitrogen and oxygen atoms in total. The quantitative estimate of drug-likeness (QED) is 0.278. The summed E-state index contributed by atoms with van der Waals surface area (Å²) < 4.78 is 15.8. The van der Waals surface area contributed by atoms with Crippen LogP contribution in [0.4, 0.5) is 33.5 Å². The van der Waals surface area contributed by atoms with E-state index in [0.717, 1.165) is 5.56 Å². The van der Waals surface area contributed by atoms with Gasteiger partial charge in [-0.3, -0.25) is 9.69 Å². The van der Waals surface area contributed by atoms with Crippen LogP contribution in [0.1, 0.15) is 5.56 Å². The second kappa shape index (κ2) is 13.0. The first-order valence-electron chi connectivity index (χ1n) is 11.0. The van der Waals surface area contributed by atoms with Gasteiger partial charge in [-0.15, -0.1) is 0 Å². The van der Waals surface area contributed by atoms with Gasteiger partial charge in [0.2, 0.25) is 5.91 Å². The van der Waals surface area contributed by atoms with E-state index >= 15 is 0 Å². The third-order valence-electron chi connectivity index (χ3n) is 5.25. The van der Waals surface area contributed by atoms with E-state index in [-0.39, 0.29) is 45.6 Å². The second-order valence-electron chi connectivity index (χ2n) is 7.63. The fraction of sp³-hybridized carbons (Fsp3) is 0.200. The molecule has 0 saturated carbocycles. The number of carbonyl (C=O) groups is 2. The molecule has 0 aliphatic carbocycles. The van der Waals surface area contributed by atoms with Crippen LogP contribution in [0, 0.1) is 0 Å². The Morgan fingerprint density at radius 1 is 1.03 bits per heavy atom. The highest BCUT2D eigenvalue weighted by Gasteiger charge is 2.22. The van der Waals surface area contributed by atoms with E-state index in [4.69, 9.17) is 37.4 Å². The first-order chi connectivity index (χ1) is 18.2. The van der Waals surface area contributed by atoms with E-state index < -0.39 is 6.03 Å². The highest BCUT2D eigenvalue weighted by Crippen LogP contribution is 2.44. The van der Waals surface area contributed by atoms with Crippen LogP contribution in [-0.2, 0) is 16.1 Å². The van der Waals surface area contributed by atoms with Crippen LogP contribution in [0.5, 0.6) is 11.5 Å². The van der Waals surface area contributed by atoms with Crippen LogP contribution in [0.3, 0.4) is 0 Å². The van der Waals surface area contributed by atoms with Gasteiger partial charge in [0.15, 0.2) is 0 Å². The summed E-state index contributed by atoms with van der Waals surface area (Å²) in [6.45, 7) is 3.75. The minimum absolute atomic E-state index is 0.106. The summed E-state index contributed by atoms with van der Waals surface area (Å²) in [7, 11) is 5.93. The van der Waals surface area contributed by atoms with E-state index in [0.29, 0.717) is 17.2 Å². The molecule has 0 unspecified atom stereocenters. The Balaban J connectivity index is 1.89. The van der Waals surface area contributed by atoms with Crippen LogP contribution >= 0.6 is 23.2 Å². The molecule has 3 aromatic rings. The van der Waals surface area contributed by atoms with Gasteiger partial charge in [0.05, 0.1) is 37.9 Å². The lowest BCUT2D eigenvalue weighted by Crippen LogP contribution is -2.32. The van der Waals surface area contributed by atoms with Crippen molar-refractivity contribution in [2.75, 3.05) is 49.2 Å². The number of nitrogens with one attached hydrogen (secondary N) is 3. The SMILES string of the molecule is C=CC(=O)Nc1cccc(COC)c1Nc1cc(N(C)C(=O)Nc2c(Cl)c(OC)cc(OC)c2Cl)ncn1. The summed E-state index contributed by atoms with van der Waals surface area (Å²) in [5.74, 6) is 0.769. The van der Waals surface area contributed by atoms with E-state index in [9.17, 15) is 9.59 Å². The second-order valence-corrected chi connectivity index (χ2v) is 8.38. The zero-order valence-electron chi connectivity index (χ0n) is 21.1. The molecule has 3 N–H and O–H groups in total. The molecule has 3 rings (SSSR count). The summed E-state index contributed by atoms with van der Waals surface area (Å²) in [5.41, 5.74) is 1.93. The number of anilines is 5. The topological polar surface area (TPSA) is 127 Å². The molecule has 0 aliphatic rings. The lowest BCUT2D eigenvalue weighted by Gasteiger charge is -2.21. The zero-order chi connectivity index (χ0) is 27.8. The summed E-state index contributed by atoms with van der Waals surface area (Å²) in [6.07, 6.45) is 2.45. The van der Waals surface area contributed by atoms with Crippen molar-refractivity contribution < 1.29 is 23.8 Å². The molecule has 0 atom stereocenters. The number of benzene rings is 2. The van der Waals surface area contributed by atoms with Crippen molar-refractivity contribution >= 4 is 63.8 Å². The fourth-order valence-electron chi connectivity index (χ4n) is 3.33. The molecule has 0 bridgehead atoms. The lowest BCUT2D eigenvalue weighted by atomic mass is 10.1. The number of carbonyl (C=O) groups excluding carboxylic acids is 2. The summed E-state index contributed by atoms with van der Waals surface area (Å²) in [5, 5.41) is 8.81. The molecular weight excluding hydrogens is 535 g/mol. The van der Waals surface area contributed by atoms with Crippen LogP contribution in [0.2, 0.25) is 10.0 Å². The van der Waals surface area contributed by atoms with Gasteiger partial charge < -0.3 is 30.2 Å². The standard InChI is InChI=1S/C25H26Cl2N6O5/c1-6-20(34)30-15-9-7-8-14(12-36-3)23(15)31-18-11-19(29-13-28-18)33(2)25(35)32-24-21(26)16(37-4)10-17(38-5)22(24)27/h6-11,13H,1,12H2,2-5H3,(H,30,34)(H,32,35)(H,28,29,31). The number of amides is 3. The molecule has 200 valence electrons. The number of ether oxygens (including phenoxy) is 3. The van der Waals surface area contributed by atoms with Crippen molar-refractivity contribution in [1.29, 1.82) is 0 Å². The smallest absolute Gasteiger partial charge is 0.327 e. The molecule has 0 radical (unpaired) electrons. The number of nitrogens with zero attached hydrogens (tertiary/aromatic N) is 3. The van der Waals surface area contributed by atoms with Crippen molar-refractivity contribution in [2.45, 2.75) is 6.61 Å². The van der Waals surface area contributed by atoms with Gasteiger partial charge in [-0.2, -0.15) is 0 Å². The zero-order valence-corrected chi connectivity index (χ0v) is 22.6. The molecule has 0 saturated heterocycles. The predicted octanol–water partition coefficient (Wildman–Crippen LogP) is 5.48. The first kappa shape index (κ1) is 28.5. The van der Waals surface area contributed by atoms with Crippen molar-refractivity contribution in [3.05, 3.63) is 64.9 Å². The number of aromatic nitrogens is 2. The van der Waals surface area contributed by atoms with Gasteiger partial charge in [-0.05, 0) is 12.1 Å². The molecule has 0 fully saturated rings. The third-order valence-corrected chi connectivity index (χ3v) is 6.00. The molecule has 2 aromatic carbocycles. The molecule has 1 aromatic heterocycles. The molecule has 38 heavy (non-hydrogen) atoms. The Morgan fingerprint density at radius 2 is 1.71 bits per heavy atom. The van der Waals surface area contributed by atoms with Gasteiger partial charge in [-0.25, -0.2) is 14.8 Å². The van der Waals surface area contributed by atoms with Crippen molar-refractivity contribution in [3.8, 4) is 11.5 Å². The molecule has 0 aliphatic heterocycles. The van der Waals surface area contributed by atoms with Gasteiger partial charge in [0, 0.05) is 31.9 Å². The highest BCUT2D eigenvalue weighted by molar-refractivity contribution is 6.41. The minimum Gasteiger partial charge on any atom is -0.495 e. The number of methoxy groups -OCH3 is 3. The Kier molecular flexibility index (Phi) is 9.72. The van der Waals surface area contributed by atoms with E-state index in [1.54, 1.807) is 25.3 Å². The minimum atomic E-state index is -0.590. The predicted molar refractivity (Wildman–Crippen MR) is 148 cm³/mol. The normalized spacial score (nSPS) is 10.4. The summed E-state index contributed by atoms with van der Waals surface area (Å²) >= 11 is 12.8. The number of hydrogen-bond donors (Lipinski definition) is 3. The Bertz CT molecular complexity index is 1330. The first-order valence-corrected chi connectivity index (χ1v) is 11.8. The Hall–Kier alpha value is -4.06. The number of hydrogen-bond acceptors (Lipinski definition) is 8. The largest absolute Gasteiger partial charge is 0.495 e. The molecule has 13 heteroatoms. The van der Waals surface area contributed by atoms with Gasteiger partial charge in [0.25, 0.3) is 0 Å². The van der Waals surface area contributed by atoms with E-state index in [2.05, 4.69) is 32.5 Å². The number of para-hydroxylation sites is 1. The number of rotatable bonds is 10. The van der Waals surface area contributed by atoms with Gasteiger partial charge in [0.1, 0.15) is 39.5 Å². The highest BCUT2D eigenvalue weighted by atomic mass is 35.5. The van der Waals surface area contributed by atoms with Crippen molar-refractivity contribution in [1.82, 2.24) is 9.97 Å². The maximum Gasteiger partial charge on any atom is 0.327 e. The third kappa shape index (κ3) is 6.43.